The highest BCUT2D eigenvalue weighted by atomic mass is 16.6. The van der Waals surface area contributed by atoms with E-state index in [1.54, 1.807) is 65.1 Å². The number of alkyl carbamates (subject to hydrolysis) is 1. The van der Waals surface area contributed by atoms with Crippen LogP contribution in [-0.4, -0.2) is 73.4 Å². The SMILES string of the molecule is [CH2]C(C)[C@H](C)C(=O)CC(O)C(N)C(C(=O)[C@H](Cc1c[nH]cn1)NC(=O)[C@H](Cc1ccccc1)NC(=O)OC(C)(C)C)c1ccc([N+](=O)[O-])cc1. The Labute approximate surface area is 291 Å². The van der Waals surface area contributed by atoms with Crippen molar-refractivity contribution >= 4 is 29.3 Å². The van der Waals surface area contributed by atoms with E-state index in [4.69, 9.17) is 10.5 Å². The number of aliphatic hydroxyl groups excluding tert-OH is 1. The highest BCUT2D eigenvalue weighted by Gasteiger charge is 2.39. The van der Waals surface area contributed by atoms with Gasteiger partial charge in [-0.1, -0.05) is 56.3 Å². The average molecular weight is 692 g/mol. The van der Waals surface area contributed by atoms with Crippen molar-refractivity contribution in [2.45, 2.75) is 89.6 Å². The third kappa shape index (κ3) is 11.6. The molecule has 1 heterocycles. The van der Waals surface area contributed by atoms with E-state index in [0.717, 1.165) is 5.56 Å². The number of amides is 2. The van der Waals surface area contributed by atoms with Crippen LogP contribution in [0.3, 0.4) is 0 Å². The van der Waals surface area contributed by atoms with E-state index in [1.165, 1.54) is 30.6 Å². The molecule has 14 heteroatoms. The molecule has 0 saturated carbocycles. The molecule has 6 N–H and O–H groups in total. The number of nitrogens with zero attached hydrogens (tertiary/aromatic N) is 2. The summed E-state index contributed by atoms with van der Waals surface area (Å²) in [5.74, 6) is -3.73. The number of nitrogens with one attached hydrogen (secondary N) is 3. The van der Waals surface area contributed by atoms with Crippen molar-refractivity contribution < 1.29 is 33.9 Å². The van der Waals surface area contributed by atoms with Crippen LogP contribution in [0, 0.1) is 28.9 Å². The molecular weight excluding hydrogens is 644 g/mol. The van der Waals surface area contributed by atoms with Crippen LogP contribution in [0.5, 0.6) is 0 Å². The van der Waals surface area contributed by atoms with Crippen molar-refractivity contribution in [3.05, 3.63) is 101 Å². The topological polar surface area (TPSA) is 220 Å². The first-order chi connectivity index (χ1) is 23.5. The van der Waals surface area contributed by atoms with Gasteiger partial charge in [0.2, 0.25) is 5.91 Å². The number of aromatic amines is 1. The third-order valence-electron chi connectivity index (χ3n) is 8.29. The third-order valence-corrected chi connectivity index (χ3v) is 8.29. The van der Waals surface area contributed by atoms with Gasteiger partial charge in [-0.3, -0.25) is 24.5 Å². The average Bonchev–Trinajstić information content (AvgIpc) is 3.56. The minimum atomic E-state index is -1.49. The Kier molecular flexibility index (Phi) is 13.9. The number of hydrogen-bond acceptors (Lipinski definition) is 10. The molecule has 2 amide bonds. The Morgan fingerprint density at radius 3 is 2.20 bits per heavy atom. The number of aliphatic hydroxyl groups is 1. The highest BCUT2D eigenvalue weighted by Crippen LogP contribution is 2.28. The number of H-pyrrole nitrogens is 1. The highest BCUT2D eigenvalue weighted by molar-refractivity contribution is 5.96. The van der Waals surface area contributed by atoms with Gasteiger partial charge in [-0.2, -0.15) is 0 Å². The van der Waals surface area contributed by atoms with Gasteiger partial charge in [-0.15, -0.1) is 0 Å². The lowest BCUT2D eigenvalue weighted by atomic mass is 9.79. The van der Waals surface area contributed by atoms with Crippen LogP contribution in [0.4, 0.5) is 10.5 Å². The van der Waals surface area contributed by atoms with E-state index in [1.807, 2.05) is 6.07 Å². The summed E-state index contributed by atoms with van der Waals surface area (Å²) in [5.41, 5.74) is 6.84. The molecule has 0 saturated heterocycles. The fourth-order valence-electron chi connectivity index (χ4n) is 5.28. The maximum absolute atomic E-state index is 14.6. The van der Waals surface area contributed by atoms with Crippen molar-refractivity contribution in [3.8, 4) is 0 Å². The summed E-state index contributed by atoms with van der Waals surface area (Å²) in [7, 11) is 0. The molecule has 1 radical (unpaired) electrons. The summed E-state index contributed by atoms with van der Waals surface area (Å²) in [4.78, 5) is 72.1. The number of hydrogen-bond donors (Lipinski definition) is 5. The number of rotatable bonds is 17. The number of aromatic nitrogens is 2. The maximum Gasteiger partial charge on any atom is 0.408 e. The Balaban J connectivity index is 2.02. The Morgan fingerprint density at radius 2 is 1.66 bits per heavy atom. The van der Waals surface area contributed by atoms with Crippen LogP contribution in [0.25, 0.3) is 0 Å². The lowest BCUT2D eigenvalue weighted by Gasteiger charge is -2.31. The number of ketones is 2. The summed E-state index contributed by atoms with van der Waals surface area (Å²) in [6, 6.07) is 10.2. The summed E-state index contributed by atoms with van der Waals surface area (Å²) in [6.07, 6.45) is 0.198. The van der Waals surface area contributed by atoms with E-state index in [0.29, 0.717) is 5.69 Å². The molecule has 3 aromatic rings. The van der Waals surface area contributed by atoms with Crippen LogP contribution < -0.4 is 16.4 Å². The molecule has 0 fully saturated rings. The largest absolute Gasteiger partial charge is 0.444 e. The second kappa shape index (κ2) is 17.6. The predicted octanol–water partition coefficient (Wildman–Crippen LogP) is 3.59. The molecule has 3 rings (SSSR count). The number of nitrogens with two attached hydrogens (primary N) is 1. The molecular formula is C36H47N6O8. The number of nitro groups is 1. The van der Waals surface area contributed by atoms with Crippen molar-refractivity contribution in [3.63, 3.8) is 0 Å². The maximum atomic E-state index is 14.6. The van der Waals surface area contributed by atoms with E-state index >= 15 is 0 Å². The van der Waals surface area contributed by atoms with Crippen LogP contribution in [0.15, 0.2) is 67.1 Å². The number of ether oxygens (including phenoxy) is 1. The number of carbonyl (C=O) groups is 4. The monoisotopic (exact) mass is 691 g/mol. The smallest absolute Gasteiger partial charge is 0.408 e. The predicted molar refractivity (Wildman–Crippen MR) is 186 cm³/mol. The van der Waals surface area contributed by atoms with Crippen molar-refractivity contribution in [1.29, 1.82) is 0 Å². The number of nitro benzene ring substituents is 1. The van der Waals surface area contributed by atoms with Crippen molar-refractivity contribution in [2.75, 3.05) is 0 Å². The molecule has 0 aliphatic rings. The van der Waals surface area contributed by atoms with Gasteiger partial charge in [0.15, 0.2) is 5.78 Å². The van der Waals surface area contributed by atoms with Crippen LogP contribution in [0.1, 0.15) is 63.8 Å². The van der Waals surface area contributed by atoms with Gasteiger partial charge in [-0.25, -0.2) is 9.78 Å². The van der Waals surface area contributed by atoms with E-state index in [-0.39, 0.29) is 42.2 Å². The molecule has 0 bridgehead atoms. The van der Waals surface area contributed by atoms with Gasteiger partial charge < -0.3 is 31.2 Å². The fourth-order valence-corrected chi connectivity index (χ4v) is 5.28. The lowest BCUT2D eigenvalue weighted by molar-refractivity contribution is -0.384. The lowest BCUT2D eigenvalue weighted by Crippen LogP contribution is -2.56. The summed E-state index contributed by atoms with van der Waals surface area (Å²) in [6.45, 7) is 12.4. The molecule has 2 aromatic carbocycles. The number of carbonyl (C=O) groups excluding carboxylic acids is 4. The quantitative estimate of drug-likeness (QED) is 0.102. The summed E-state index contributed by atoms with van der Waals surface area (Å²) in [5, 5.41) is 28.0. The molecule has 50 heavy (non-hydrogen) atoms. The van der Waals surface area contributed by atoms with E-state index in [9.17, 15) is 34.4 Å². The second-order valence-electron chi connectivity index (χ2n) is 13.5. The zero-order chi connectivity index (χ0) is 37.2. The molecule has 0 spiro atoms. The number of benzene rings is 2. The Hall–Kier alpha value is -4.95. The number of Topliss-reactive ketones (excluding diaryl/α,β-unsaturated/α-hetero) is 2. The van der Waals surface area contributed by atoms with Crippen LogP contribution in [-0.2, 0) is 32.0 Å². The minimum absolute atomic E-state index is 0.0598. The molecule has 0 aliphatic heterocycles. The summed E-state index contributed by atoms with van der Waals surface area (Å²) >= 11 is 0. The molecule has 14 nitrogen and oxygen atoms in total. The number of imidazole rings is 1. The van der Waals surface area contributed by atoms with Gasteiger partial charge >= 0.3 is 6.09 Å². The van der Waals surface area contributed by atoms with Crippen molar-refractivity contribution in [1.82, 2.24) is 20.6 Å². The van der Waals surface area contributed by atoms with Gasteiger partial charge in [0.25, 0.3) is 5.69 Å². The van der Waals surface area contributed by atoms with Gasteiger partial charge in [-0.05, 0) is 44.7 Å². The van der Waals surface area contributed by atoms with Crippen LogP contribution >= 0.6 is 0 Å². The number of non-ortho nitro benzene ring substituents is 1. The van der Waals surface area contributed by atoms with Gasteiger partial charge in [0.1, 0.15) is 17.4 Å². The molecule has 269 valence electrons. The van der Waals surface area contributed by atoms with Gasteiger partial charge in [0.05, 0.1) is 35.0 Å². The summed E-state index contributed by atoms with van der Waals surface area (Å²) < 4.78 is 5.40. The first-order valence-electron chi connectivity index (χ1n) is 16.4. The first kappa shape index (κ1) is 39.5. The second-order valence-corrected chi connectivity index (χ2v) is 13.5. The minimum Gasteiger partial charge on any atom is -0.444 e. The Morgan fingerprint density at radius 1 is 1.02 bits per heavy atom. The molecule has 4 unspecified atom stereocenters. The fraction of sp³-hybridized carbons (Fsp3) is 0.444. The Bertz CT molecular complexity index is 1590. The molecule has 1 aromatic heterocycles. The first-order valence-corrected chi connectivity index (χ1v) is 16.4. The molecule has 7 atom stereocenters. The van der Waals surface area contributed by atoms with Crippen molar-refractivity contribution in [2.24, 2.45) is 17.6 Å². The zero-order valence-corrected chi connectivity index (χ0v) is 29.0. The zero-order valence-electron chi connectivity index (χ0n) is 29.0. The van der Waals surface area contributed by atoms with Crippen LogP contribution in [0.2, 0.25) is 0 Å². The normalized spacial score (nSPS) is 15.2. The molecule has 0 aliphatic carbocycles. The van der Waals surface area contributed by atoms with Gasteiger partial charge in [0, 0.05) is 49.6 Å². The standard InChI is InChI=1S/C36H47N6O8/c1-21(2)22(3)29(43)18-30(44)32(37)31(24-12-14-26(15-13-24)42(48)49)33(45)27(17-25-19-38-20-39-25)40-34(46)28(16-23-10-8-7-9-11-23)41-35(47)50-36(4,5)6/h7-15,19-22,27-28,30-32,44H,1,16-18,37H2,2-6H3,(H,38,39)(H,40,46)(H,41,47)/t21?,22-,27-,28-,30?,31?,32?/m0/s1. The van der Waals surface area contributed by atoms with E-state index < -0.39 is 64.4 Å². The van der Waals surface area contributed by atoms with E-state index in [2.05, 4.69) is 27.5 Å².